The molecule has 0 aromatic heterocycles. The number of benzene rings is 2. The van der Waals surface area contributed by atoms with Gasteiger partial charge in [-0.05, 0) is 52.3 Å². The molecular formula is C17H16INO5. The highest BCUT2D eigenvalue weighted by atomic mass is 127. The van der Waals surface area contributed by atoms with Crippen LogP contribution in [0.1, 0.15) is 11.1 Å². The van der Waals surface area contributed by atoms with Crippen molar-refractivity contribution >= 4 is 34.7 Å². The fourth-order valence-corrected chi connectivity index (χ4v) is 2.62. The molecule has 3 N–H and O–H groups in total. The number of carbonyl (C=O) groups excluding carboxylic acids is 1. The number of rotatable bonds is 6. The minimum absolute atomic E-state index is 0.127. The predicted octanol–water partition coefficient (Wildman–Crippen LogP) is 2.96. The monoisotopic (exact) mass is 441 g/mol. The SMILES string of the molecule is N[C@@H](Cc1ccc(OC(=O)OCc2ccccc2)c(I)c1)C(=O)O. The zero-order valence-corrected chi connectivity index (χ0v) is 14.8. The average Bonchev–Trinajstić information content (AvgIpc) is 2.56. The van der Waals surface area contributed by atoms with Gasteiger partial charge in [-0.25, -0.2) is 4.79 Å². The molecule has 0 spiro atoms. The van der Waals surface area contributed by atoms with E-state index in [-0.39, 0.29) is 13.0 Å². The Kier molecular flexibility index (Phi) is 6.56. The summed E-state index contributed by atoms with van der Waals surface area (Å²) < 4.78 is 10.9. The molecule has 0 unspecified atom stereocenters. The molecule has 0 aliphatic heterocycles. The lowest BCUT2D eigenvalue weighted by atomic mass is 10.1. The Bertz CT molecular complexity index is 720. The first kappa shape index (κ1) is 18.2. The van der Waals surface area contributed by atoms with Crippen LogP contribution in [0.15, 0.2) is 48.5 Å². The summed E-state index contributed by atoms with van der Waals surface area (Å²) in [6.45, 7) is 0.127. The molecule has 0 saturated heterocycles. The van der Waals surface area contributed by atoms with Gasteiger partial charge in [0, 0.05) is 0 Å². The Morgan fingerprint density at radius 1 is 1.12 bits per heavy atom. The van der Waals surface area contributed by atoms with E-state index in [2.05, 4.69) is 0 Å². The zero-order chi connectivity index (χ0) is 17.5. The van der Waals surface area contributed by atoms with Gasteiger partial charge in [-0.3, -0.25) is 4.79 Å². The third kappa shape index (κ3) is 5.50. The van der Waals surface area contributed by atoms with E-state index in [0.717, 1.165) is 11.1 Å². The third-order valence-corrected chi connectivity index (χ3v) is 4.00. The van der Waals surface area contributed by atoms with Crippen LogP contribution in [0.3, 0.4) is 0 Å². The van der Waals surface area contributed by atoms with Crippen molar-refractivity contribution < 1.29 is 24.2 Å². The first-order chi connectivity index (χ1) is 11.5. The van der Waals surface area contributed by atoms with Crippen LogP contribution >= 0.6 is 22.6 Å². The van der Waals surface area contributed by atoms with Gasteiger partial charge in [0.25, 0.3) is 0 Å². The van der Waals surface area contributed by atoms with E-state index in [1.54, 1.807) is 18.2 Å². The second-order valence-corrected chi connectivity index (χ2v) is 6.20. The summed E-state index contributed by atoms with van der Waals surface area (Å²) in [7, 11) is 0. The average molecular weight is 441 g/mol. The van der Waals surface area contributed by atoms with Crippen LogP contribution in [-0.4, -0.2) is 23.3 Å². The molecular weight excluding hydrogens is 425 g/mol. The van der Waals surface area contributed by atoms with Crippen LogP contribution in [0.2, 0.25) is 0 Å². The number of aliphatic carboxylic acids is 1. The number of hydrogen-bond donors (Lipinski definition) is 2. The minimum atomic E-state index is -1.06. The van der Waals surface area contributed by atoms with Gasteiger partial charge in [0.1, 0.15) is 18.4 Å². The van der Waals surface area contributed by atoms with E-state index in [9.17, 15) is 9.59 Å². The summed E-state index contributed by atoms with van der Waals surface area (Å²) in [4.78, 5) is 22.5. The number of nitrogens with two attached hydrogens (primary N) is 1. The maximum Gasteiger partial charge on any atom is 0.514 e. The van der Waals surface area contributed by atoms with Gasteiger partial charge >= 0.3 is 12.1 Å². The van der Waals surface area contributed by atoms with Crippen LogP contribution < -0.4 is 10.5 Å². The zero-order valence-electron chi connectivity index (χ0n) is 12.6. The highest BCUT2D eigenvalue weighted by Crippen LogP contribution is 2.23. The standard InChI is InChI=1S/C17H16INO5/c18-13-8-12(9-14(19)16(20)21)6-7-15(13)24-17(22)23-10-11-4-2-1-3-5-11/h1-8,14H,9-10,19H2,(H,20,21)/t14-/m0/s1. The van der Waals surface area contributed by atoms with E-state index in [1.165, 1.54) is 0 Å². The van der Waals surface area contributed by atoms with Crippen molar-refractivity contribution in [2.75, 3.05) is 0 Å². The van der Waals surface area contributed by atoms with E-state index in [0.29, 0.717) is 9.32 Å². The Balaban J connectivity index is 1.92. The molecule has 6 nitrogen and oxygen atoms in total. The Hall–Kier alpha value is -2.13. The fourth-order valence-electron chi connectivity index (χ4n) is 1.93. The molecule has 1 atom stereocenters. The summed E-state index contributed by atoms with van der Waals surface area (Å²) >= 11 is 2.00. The number of carboxylic acid groups (broad SMARTS) is 1. The van der Waals surface area contributed by atoms with E-state index in [4.69, 9.17) is 20.3 Å². The van der Waals surface area contributed by atoms with Crippen LogP contribution in [0.5, 0.6) is 5.75 Å². The van der Waals surface area contributed by atoms with Crippen molar-refractivity contribution in [2.24, 2.45) is 5.73 Å². The van der Waals surface area contributed by atoms with Crippen molar-refractivity contribution in [3.63, 3.8) is 0 Å². The summed E-state index contributed by atoms with van der Waals surface area (Å²) in [6, 6.07) is 13.3. The van der Waals surface area contributed by atoms with Crippen LogP contribution in [0, 0.1) is 3.57 Å². The maximum atomic E-state index is 11.7. The molecule has 0 fully saturated rings. The predicted molar refractivity (Wildman–Crippen MR) is 95.7 cm³/mol. The summed E-state index contributed by atoms with van der Waals surface area (Å²) in [5.41, 5.74) is 7.12. The molecule has 0 aliphatic rings. The van der Waals surface area contributed by atoms with E-state index < -0.39 is 18.2 Å². The van der Waals surface area contributed by atoms with Crippen molar-refractivity contribution in [1.29, 1.82) is 0 Å². The third-order valence-electron chi connectivity index (χ3n) is 3.16. The van der Waals surface area contributed by atoms with Crippen molar-refractivity contribution in [3.8, 4) is 5.75 Å². The summed E-state index contributed by atoms with van der Waals surface area (Å²) in [5, 5.41) is 8.83. The van der Waals surface area contributed by atoms with Gasteiger partial charge < -0.3 is 20.3 Å². The lowest BCUT2D eigenvalue weighted by Gasteiger charge is -2.10. The van der Waals surface area contributed by atoms with Gasteiger partial charge in [-0.2, -0.15) is 0 Å². The summed E-state index contributed by atoms with van der Waals surface area (Å²) in [5.74, 6) is -0.712. The van der Waals surface area contributed by atoms with Gasteiger partial charge in [-0.1, -0.05) is 36.4 Å². The number of carboxylic acids is 1. The molecule has 126 valence electrons. The first-order valence-corrected chi connectivity index (χ1v) is 8.19. The Morgan fingerprint density at radius 3 is 2.46 bits per heavy atom. The molecule has 2 aromatic rings. The van der Waals surface area contributed by atoms with Crippen LogP contribution in [-0.2, 0) is 22.6 Å². The highest BCUT2D eigenvalue weighted by Gasteiger charge is 2.14. The molecule has 0 radical (unpaired) electrons. The second-order valence-electron chi connectivity index (χ2n) is 5.04. The van der Waals surface area contributed by atoms with Crippen LogP contribution in [0.4, 0.5) is 4.79 Å². The van der Waals surface area contributed by atoms with Crippen molar-refractivity contribution in [3.05, 3.63) is 63.2 Å². The number of ether oxygens (including phenoxy) is 2. The fraction of sp³-hybridized carbons (Fsp3) is 0.176. The molecule has 2 aromatic carbocycles. The highest BCUT2D eigenvalue weighted by molar-refractivity contribution is 14.1. The van der Waals surface area contributed by atoms with Gasteiger partial charge in [-0.15, -0.1) is 0 Å². The normalized spacial score (nSPS) is 11.6. The van der Waals surface area contributed by atoms with E-state index >= 15 is 0 Å². The topological polar surface area (TPSA) is 98.9 Å². The maximum absolute atomic E-state index is 11.7. The lowest BCUT2D eigenvalue weighted by Crippen LogP contribution is -2.32. The van der Waals surface area contributed by atoms with Crippen molar-refractivity contribution in [2.45, 2.75) is 19.1 Å². The molecule has 2 rings (SSSR count). The first-order valence-electron chi connectivity index (χ1n) is 7.11. The molecule has 24 heavy (non-hydrogen) atoms. The molecule has 7 heteroatoms. The lowest BCUT2D eigenvalue weighted by molar-refractivity contribution is -0.138. The quantitative estimate of drug-likeness (QED) is 0.407. The number of carbonyl (C=O) groups is 2. The number of halogens is 1. The van der Waals surface area contributed by atoms with Crippen LogP contribution in [0.25, 0.3) is 0 Å². The summed E-state index contributed by atoms with van der Waals surface area (Å²) in [6.07, 6.45) is -0.601. The molecule has 0 amide bonds. The smallest absolute Gasteiger partial charge is 0.480 e. The second kappa shape index (κ2) is 8.65. The molecule has 0 heterocycles. The van der Waals surface area contributed by atoms with Gasteiger partial charge in [0.15, 0.2) is 0 Å². The van der Waals surface area contributed by atoms with Gasteiger partial charge in [0.05, 0.1) is 3.57 Å². The molecule has 0 bridgehead atoms. The molecule has 0 saturated carbocycles. The number of hydrogen-bond acceptors (Lipinski definition) is 5. The van der Waals surface area contributed by atoms with Gasteiger partial charge in [0.2, 0.25) is 0 Å². The van der Waals surface area contributed by atoms with E-state index in [1.807, 2.05) is 52.9 Å². The molecule has 0 aliphatic carbocycles. The Morgan fingerprint density at radius 2 is 1.83 bits per heavy atom. The minimum Gasteiger partial charge on any atom is -0.480 e. The largest absolute Gasteiger partial charge is 0.514 e. The Labute approximate surface area is 152 Å². The van der Waals surface area contributed by atoms with Crippen molar-refractivity contribution in [1.82, 2.24) is 0 Å².